The van der Waals surface area contributed by atoms with Gasteiger partial charge in [0.2, 0.25) is 11.8 Å². The van der Waals surface area contributed by atoms with Crippen molar-refractivity contribution in [3.8, 4) is 0 Å². The van der Waals surface area contributed by atoms with Crippen LogP contribution in [0.15, 0.2) is 0 Å². The zero-order valence-corrected chi connectivity index (χ0v) is 13.7. The standard InChI is InChI=1S/C15H24N2O4S/c1-10(16-13(19)11-4-2-3-5-11)12(18)17-15(14(20)21)6-8-22-9-7-15/h10-11H,2-9H2,1H3,(H,16,19)(H,17,18)(H,20,21). The lowest BCUT2D eigenvalue weighted by Crippen LogP contribution is -2.60. The van der Waals surface area contributed by atoms with Crippen molar-refractivity contribution in [2.24, 2.45) is 5.92 Å². The molecule has 0 aromatic heterocycles. The van der Waals surface area contributed by atoms with E-state index in [-0.39, 0.29) is 11.8 Å². The Kier molecular flexibility index (Phi) is 5.72. The lowest BCUT2D eigenvalue weighted by Gasteiger charge is -2.34. The third-order valence-electron chi connectivity index (χ3n) is 4.60. The fraction of sp³-hybridized carbons (Fsp3) is 0.800. The number of amides is 2. The Hall–Kier alpha value is -1.24. The van der Waals surface area contributed by atoms with Gasteiger partial charge >= 0.3 is 5.97 Å². The van der Waals surface area contributed by atoms with Gasteiger partial charge in [0.25, 0.3) is 0 Å². The highest BCUT2D eigenvalue weighted by atomic mass is 32.2. The van der Waals surface area contributed by atoms with Gasteiger partial charge in [-0.05, 0) is 44.1 Å². The van der Waals surface area contributed by atoms with E-state index in [1.54, 1.807) is 18.7 Å². The van der Waals surface area contributed by atoms with Crippen LogP contribution in [0.2, 0.25) is 0 Å². The molecule has 2 aliphatic rings. The van der Waals surface area contributed by atoms with Gasteiger partial charge in [0.15, 0.2) is 0 Å². The summed E-state index contributed by atoms with van der Waals surface area (Å²) in [7, 11) is 0. The number of carbonyl (C=O) groups excluding carboxylic acids is 2. The number of carboxylic acid groups (broad SMARTS) is 1. The van der Waals surface area contributed by atoms with E-state index in [0.717, 1.165) is 37.2 Å². The van der Waals surface area contributed by atoms with Gasteiger partial charge < -0.3 is 15.7 Å². The number of nitrogens with one attached hydrogen (secondary N) is 2. The van der Waals surface area contributed by atoms with Crippen LogP contribution in [0.3, 0.4) is 0 Å². The summed E-state index contributed by atoms with van der Waals surface area (Å²) in [5, 5.41) is 14.8. The first-order valence-corrected chi connectivity index (χ1v) is 9.04. The molecule has 1 saturated heterocycles. The molecule has 2 rings (SSSR count). The molecule has 0 spiro atoms. The summed E-state index contributed by atoms with van der Waals surface area (Å²) in [5.74, 6) is -0.0697. The molecule has 22 heavy (non-hydrogen) atoms. The molecule has 3 N–H and O–H groups in total. The SMILES string of the molecule is CC(NC(=O)C1CCCC1)C(=O)NC1(C(=O)O)CCSCC1. The third-order valence-corrected chi connectivity index (χ3v) is 5.58. The maximum absolute atomic E-state index is 12.3. The van der Waals surface area contributed by atoms with Crippen LogP contribution in [0.5, 0.6) is 0 Å². The summed E-state index contributed by atoms with van der Waals surface area (Å²) in [6.07, 6.45) is 4.69. The number of thioether (sulfide) groups is 1. The zero-order chi connectivity index (χ0) is 16.2. The largest absolute Gasteiger partial charge is 0.480 e. The molecule has 0 aromatic carbocycles. The molecule has 1 aliphatic heterocycles. The average molecular weight is 328 g/mol. The van der Waals surface area contributed by atoms with Crippen LogP contribution >= 0.6 is 11.8 Å². The van der Waals surface area contributed by atoms with Crippen LogP contribution < -0.4 is 10.6 Å². The molecule has 1 atom stereocenters. The highest BCUT2D eigenvalue weighted by molar-refractivity contribution is 7.99. The van der Waals surface area contributed by atoms with Crippen molar-refractivity contribution in [2.75, 3.05) is 11.5 Å². The van der Waals surface area contributed by atoms with E-state index in [0.29, 0.717) is 12.8 Å². The second-order valence-corrected chi connectivity index (χ2v) is 7.43. The first-order valence-electron chi connectivity index (χ1n) is 7.88. The Bertz CT molecular complexity index is 443. The maximum Gasteiger partial charge on any atom is 0.329 e. The third kappa shape index (κ3) is 3.94. The smallest absolute Gasteiger partial charge is 0.329 e. The molecule has 1 aliphatic carbocycles. The number of rotatable bonds is 5. The number of carbonyl (C=O) groups is 3. The molecule has 6 nitrogen and oxygen atoms in total. The van der Waals surface area contributed by atoms with Gasteiger partial charge in [0, 0.05) is 5.92 Å². The Balaban J connectivity index is 1.91. The van der Waals surface area contributed by atoms with Gasteiger partial charge in [-0.3, -0.25) is 9.59 Å². The zero-order valence-electron chi connectivity index (χ0n) is 12.9. The number of hydrogen-bond donors (Lipinski definition) is 3. The van der Waals surface area contributed by atoms with Gasteiger partial charge in [-0.15, -0.1) is 0 Å². The van der Waals surface area contributed by atoms with Gasteiger partial charge in [-0.1, -0.05) is 12.8 Å². The second-order valence-electron chi connectivity index (χ2n) is 6.20. The van der Waals surface area contributed by atoms with Crippen molar-refractivity contribution in [3.05, 3.63) is 0 Å². The molecule has 2 fully saturated rings. The van der Waals surface area contributed by atoms with Crippen molar-refractivity contribution in [3.63, 3.8) is 0 Å². The van der Waals surface area contributed by atoms with Gasteiger partial charge in [-0.25, -0.2) is 4.79 Å². The van der Waals surface area contributed by atoms with Crippen LogP contribution in [0.1, 0.15) is 45.4 Å². The number of aliphatic carboxylic acids is 1. The Morgan fingerprint density at radius 1 is 1.18 bits per heavy atom. The predicted octanol–water partition coefficient (Wildman–Crippen LogP) is 1.15. The molecule has 1 saturated carbocycles. The number of carboxylic acids is 1. The van der Waals surface area contributed by atoms with Crippen molar-refractivity contribution in [1.82, 2.24) is 10.6 Å². The van der Waals surface area contributed by atoms with Crippen LogP contribution in [0.4, 0.5) is 0 Å². The molecule has 0 radical (unpaired) electrons. The first kappa shape index (κ1) is 17.1. The van der Waals surface area contributed by atoms with Gasteiger partial charge in [-0.2, -0.15) is 11.8 Å². The Morgan fingerprint density at radius 2 is 1.77 bits per heavy atom. The molecular formula is C15H24N2O4S. The van der Waals surface area contributed by atoms with E-state index in [1.807, 2.05) is 0 Å². The van der Waals surface area contributed by atoms with E-state index in [1.165, 1.54) is 0 Å². The topological polar surface area (TPSA) is 95.5 Å². The molecule has 0 bridgehead atoms. The highest BCUT2D eigenvalue weighted by Gasteiger charge is 2.42. The lowest BCUT2D eigenvalue weighted by molar-refractivity contribution is -0.148. The van der Waals surface area contributed by atoms with Crippen LogP contribution in [-0.2, 0) is 14.4 Å². The van der Waals surface area contributed by atoms with Gasteiger partial charge in [0.1, 0.15) is 11.6 Å². The highest BCUT2D eigenvalue weighted by Crippen LogP contribution is 2.28. The summed E-state index contributed by atoms with van der Waals surface area (Å²) in [4.78, 5) is 35.9. The van der Waals surface area contributed by atoms with Crippen molar-refractivity contribution >= 4 is 29.5 Å². The summed E-state index contributed by atoms with van der Waals surface area (Å²) in [6.45, 7) is 1.61. The molecule has 1 unspecified atom stereocenters. The quantitative estimate of drug-likeness (QED) is 0.703. The molecule has 0 aromatic rings. The summed E-state index contributed by atoms with van der Waals surface area (Å²) in [5.41, 5.74) is -1.19. The molecule has 7 heteroatoms. The van der Waals surface area contributed by atoms with E-state index in [9.17, 15) is 19.5 Å². The molecule has 2 amide bonds. The fourth-order valence-corrected chi connectivity index (χ4v) is 4.23. The van der Waals surface area contributed by atoms with Crippen molar-refractivity contribution in [1.29, 1.82) is 0 Å². The number of hydrogen-bond acceptors (Lipinski definition) is 4. The molecule has 1 heterocycles. The maximum atomic E-state index is 12.3. The van der Waals surface area contributed by atoms with E-state index >= 15 is 0 Å². The molecule has 124 valence electrons. The van der Waals surface area contributed by atoms with Crippen molar-refractivity contribution in [2.45, 2.75) is 57.0 Å². The van der Waals surface area contributed by atoms with Crippen molar-refractivity contribution < 1.29 is 19.5 Å². The summed E-state index contributed by atoms with van der Waals surface area (Å²) >= 11 is 1.69. The summed E-state index contributed by atoms with van der Waals surface area (Å²) in [6, 6.07) is -0.709. The second kappa shape index (κ2) is 7.35. The molecular weight excluding hydrogens is 304 g/mol. The monoisotopic (exact) mass is 328 g/mol. The van der Waals surface area contributed by atoms with Crippen LogP contribution in [0, 0.1) is 5.92 Å². The minimum absolute atomic E-state index is 0.00485. The Labute approximate surface area is 134 Å². The van der Waals surface area contributed by atoms with E-state index in [4.69, 9.17) is 0 Å². The minimum Gasteiger partial charge on any atom is -0.480 e. The van der Waals surface area contributed by atoms with Crippen LogP contribution in [-0.4, -0.2) is 46.0 Å². The van der Waals surface area contributed by atoms with E-state index < -0.39 is 23.5 Å². The normalized spacial score (nSPS) is 22.8. The fourth-order valence-electron chi connectivity index (χ4n) is 3.04. The first-order chi connectivity index (χ1) is 10.4. The van der Waals surface area contributed by atoms with Crippen LogP contribution in [0.25, 0.3) is 0 Å². The van der Waals surface area contributed by atoms with E-state index in [2.05, 4.69) is 10.6 Å². The Morgan fingerprint density at radius 3 is 2.32 bits per heavy atom. The van der Waals surface area contributed by atoms with Gasteiger partial charge in [0.05, 0.1) is 0 Å². The summed E-state index contributed by atoms with van der Waals surface area (Å²) < 4.78 is 0. The lowest BCUT2D eigenvalue weighted by atomic mass is 9.92. The minimum atomic E-state index is -1.19. The predicted molar refractivity (Wildman–Crippen MR) is 84.6 cm³/mol. The average Bonchev–Trinajstić information content (AvgIpc) is 3.02.